The van der Waals surface area contributed by atoms with Crippen LogP contribution >= 0.6 is 23.2 Å². The van der Waals surface area contributed by atoms with Gasteiger partial charge in [-0.1, -0.05) is 43.1 Å². The number of fused-ring (bicyclic) bond motifs is 3. The summed E-state index contributed by atoms with van der Waals surface area (Å²) >= 11 is 12.2. The summed E-state index contributed by atoms with van der Waals surface area (Å²) in [5.41, 5.74) is 2.76. The summed E-state index contributed by atoms with van der Waals surface area (Å²) in [7, 11) is 0. The van der Waals surface area contributed by atoms with Crippen molar-refractivity contribution in [2.75, 3.05) is 0 Å². The predicted octanol–water partition coefficient (Wildman–Crippen LogP) is 4.56. The summed E-state index contributed by atoms with van der Waals surface area (Å²) < 4.78 is 0. The van der Waals surface area contributed by atoms with E-state index in [1.807, 2.05) is 13.8 Å². The molecule has 2 aliphatic carbocycles. The smallest absolute Gasteiger partial charge is 0.174 e. The maximum atomic E-state index is 11.6. The fraction of sp³-hybridized carbons (Fsp3) is 0.400. The largest absolute Gasteiger partial charge is 0.506 e. The first kappa shape index (κ1) is 14.4. The maximum Gasteiger partial charge on any atom is 0.174 e. The van der Waals surface area contributed by atoms with Crippen molar-refractivity contribution < 1.29 is 9.90 Å². The molecule has 0 radical (unpaired) electrons. The summed E-state index contributed by atoms with van der Waals surface area (Å²) in [6.07, 6.45) is 2.09. The molecule has 2 aliphatic rings. The number of phenolic OH excluding ortho intramolecular Hbond substituents is 1. The van der Waals surface area contributed by atoms with E-state index in [2.05, 4.69) is 0 Å². The van der Waals surface area contributed by atoms with Crippen LogP contribution in [0.4, 0.5) is 0 Å². The van der Waals surface area contributed by atoms with Gasteiger partial charge in [-0.3, -0.25) is 4.79 Å². The van der Waals surface area contributed by atoms with Crippen LogP contribution in [-0.2, 0) is 11.2 Å². The number of Topliss-reactive ketones (excluding diaryl/α,β-unsaturated/α-hetero) is 1. The average Bonchev–Trinajstić information content (AvgIpc) is 2.81. The first-order chi connectivity index (χ1) is 9.09. The molecule has 1 unspecified atom stereocenters. The molecule has 1 atom stereocenters. The van der Waals surface area contributed by atoms with Crippen LogP contribution in [0.2, 0.25) is 5.02 Å². The molecule has 0 fully saturated rings. The first-order valence-corrected chi connectivity index (χ1v) is 7.28. The Bertz CT molecular complexity index is 562. The van der Waals surface area contributed by atoms with Crippen LogP contribution < -0.4 is 0 Å². The van der Waals surface area contributed by atoms with Gasteiger partial charge in [-0.2, -0.15) is 0 Å². The number of carbonyl (C=O) groups is 1. The molecule has 102 valence electrons. The quantitative estimate of drug-likeness (QED) is 0.762. The second-order valence-electron chi connectivity index (χ2n) is 4.52. The Morgan fingerprint density at radius 1 is 1.26 bits per heavy atom. The average molecular weight is 299 g/mol. The molecule has 19 heavy (non-hydrogen) atoms. The molecule has 1 aromatic rings. The Morgan fingerprint density at radius 3 is 2.63 bits per heavy atom. The number of halogens is 2. The third-order valence-corrected chi connectivity index (χ3v) is 4.41. The van der Waals surface area contributed by atoms with Crippen molar-refractivity contribution in [2.24, 2.45) is 5.92 Å². The Morgan fingerprint density at radius 2 is 1.95 bits per heavy atom. The van der Waals surface area contributed by atoms with Crippen molar-refractivity contribution in [3.8, 4) is 5.75 Å². The van der Waals surface area contributed by atoms with E-state index >= 15 is 0 Å². The van der Waals surface area contributed by atoms with Gasteiger partial charge >= 0.3 is 0 Å². The van der Waals surface area contributed by atoms with Gasteiger partial charge in [-0.25, -0.2) is 0 Å². The SMILES string of the molecule is CC.O=C1CCC2Cc3c(ccc(O)c3Cl)C2=C1Cl. The highest BCUT2D eigenvalue weighted by Gasteiger charge is 2.36. The summed E-state index contributed by atoms with van der Waals surface area (Å²) in [6.45, 7) is 4.00. The molecule has 1 aromatic carbocycles. The standard InChI is InChI=1S/C13H10Cl2O2.C2H6/c14-12-8-5-6-1-3-10(17)13(15)11(6)7(8)2-4-9(12)16;1-2/h2,4,6,16H,1,3,5H2;1-2H3. The van der Waals surface area contributed by atoms with E-state index in [0.717, 1.165) is 29.5 Å². The Hall–Kier alpha value is -0.990. The van der Waals surface area contributed by atoms with E-state index in [1.54, 1.807) is 12.1 Å². The minimum atomic E-state index is 0.00923. The van der Waals surface area contributed by atoms with Crippen molar-refractivity contribution in [3.63, 3.8) is 0 Å². The number of carbonyl (C=O) groups excluding carboxylic acids is 1. The van der Waals surface area contributed by atoms with Crippen LogP contribution in [0.3, 0.4) is 0 Å². The second-order valence-corrected chi connectivity index (χ2v) is 5.27. The lowest BCUT2D eigenvalue weighted by Gasteiger charge is -2.18. The van der Waals surface area contributed by atoms with Gasteiger partial charge in [0, 0.05) is 6.42 Å². The molecule has 0 aromatic heterocycles. The maximum absolute atomic E-state index is 11.6. The number of aromatic hydroxyl groups is 1. The molecule has 0 saturated heterocycles. The lowest BCUT2D eigenvalue weighted by atomic mass is 9.87. The van der Waals surface area contributed by atoms with Crippen molar-refractivity contribution in [1.82, 2.24) is 0 Å². The van der Waals surface area contributed by atoms with Gasteiger partial charge in [0.05, 0.1) is 10.1 Å². The first-order valence-electron chi connectivity index (χ1n) is 6.53. The van der Waals surface area contributed by atoms with E-state index in [4.69, 9.17) is 23.2 Å². The zero-order chi connectivity index (χ0) is 14.2. The van der Waals surface area contributed by atoms with Crippen LogP contribution in [0.1, 0.15) is 37.8 Å². The van der Waals surface area contributed by atoms with Gasteiger partial charge in [0.2, 0.25) is 0 Å². The van der Waals surface area contributed by atoms with Crippen molar-refractivity contribution >= 4 is 34.6 Å². The molecule has 4 heteroatoms. The minimum absolute atomic E-state index is 0.00923. The van der Waals surface area contributed by atoms with Gasteiger partial charge < -0.3 is 5.11 Å². The molecule has 3 rings (SSSR count). The fourth-order valence-electron chi connectivity index (χ4n) is 2.74. The number of benzene rings is 1. The molecule has 0 bridgehead atoms. The number of allylic oxidation sites excluding steroid dienone is 2. The second kappa shape index (κ2) is 5.56. The van der Waals surface area contributed by atoms with Crippen LogP contribution in [0, 0.1) is 5.92 Å². The van der Waals surface area contributed by atoms with E-state index in [0.29, 0.717) is 16.5 Å². The van der Waals surface area contributed by atoms with Gasteiger partial charge in [0.15, 0.2) is 5.78 Å². The third-order valence-electron chi connectivity index (χ3n) is 3.57. The van der Waals surface area contributed by atoms with E-state index in [-0.39, 0.29) is 17.5 Å². The van der Waals surface area contributed by atoms with Crippen LogP contribution in [0.15, 0.2) is 17.2 Å². The highest BCUT2D eigenvalue weighted by Crippen LogP contribution is 2.49. The molecule has 0 amide bonds. The molecule has 1 N–H and O–H groups in total. The molecular formula is C15H16Cl2O2. The van der Waals surface area contributed by atoms with Crippen LogP contribution in [0.25, 0.3) is 5.57 Å². The van der Waals surface area contributed by atoms with Gasteiger partial charge in [0.1, 0.15) is 5.75 Å². The van der Waals surface area contributed by atoms with Gasteiger partial charge in [-0.15, -0.1) is 0 Å². The third kappa shape index (κ3) is 2.28. The van der Waals surface area contributed by atoms with Crippen molar-refractivity contribution in [3.05, 3.63) is 33.3 Å². The number of ketones is 1. The van der Waals surface area contributed by atoms with Crippen LogP contribution in [0.5, 0.6) is 5.75 Å². The highest BCUT2D eigenvalue weighted by molar-refractivity contribution is 6.46. The molecule has 2 nitrogen and oxygen atoms in total. The lowest BCUT2D eigenvalue weighted by molar-refractivity contribution is -0.115. The fourth-order valence-corrected chi connectivity index (χ4v) is 3.33. The van der Waals surface area contributed by atoms with Gasteiger partial charge in [-0.05, 0) is 41.5 Å². The van der Waals surface area contributed by atoms with Crippen LogP contribution in [-0.4, -0.2) is 10.9 Å². The monoisotopic (exact) mass is 298 g/mol. The van der Waals surface area contributed by atoms with E-state index in [9.17, 15) is 9.90 Å². The zero-order valence-electron chi connectivity index (χ0n) is 11.0. The van der Waals surface area contributed by atoms with Gasteiger partial charge in [0.25, 0.3) is 0 Å². The normalized spacial score (nSPS) is 20.6. The summed E-state index contributed by atoms with van der Waals surface area (Å²) in [5, 5.41) is 10.3. The number of phenols is 1. The lowest BCUT2D eigenvalue weighted by Crippen LogP contribution is -2.13. The zero-order valence-corrected chi connectivity index (χ0v) is 12.5. The summed E-state index contributed by atoms with van der Waals surface area (Å²) in [5.74, 6) is 0.372. The predicted molar refractivity (Wildman–Crippen MR) is 78.7 cm³/mol. The number of hydrogen-bond donors (Lipinski definition) is 1. The topological polar surface area (TPSA) is 37.3 Å². The number of rotatable bonds is 0. The summed E-state index contributed by atoms with van der Waals surface area (Å²) in [4.78, 5) is 11.6. The molecule has 0 spiro atoms. The van der Waals surface area contributed by atoms with Crippen molar-refractivity contribution in [2.45, 2.75) is 33.1 Å². The molecule has 0 aliphatic heterocycles. The Balaban J connectivity index is 0.000000637. The highest BCUT2D eigenvalue weighted by atomic mass is 35.5. The number of hydrogen-bond acceptors (Lipinski definition) is 2. The molecule has 0 saturated carbocycles. The Kier molecular flexibility index (Phi) is 4.22. The molecular weight excluding hydrogens is 283 g/mol. The molecule has 0 heterocycles. The van der Waals surface area contributed by atoms with E-state index < -0.39 is 0 Å². The minimum Gasteiger partial charge on any atom is -0.506 e. The van der Waals surface area contributed by atoms with E-state index in [1.165, 1.54) is 0 Å². The summed E-state index contributed by atoms with van der Waals surface area (Å²) in [6, 6.07) is 3.35. The van der Waals surface area contributed by atoms with Crippen molar-refractivity contribution in [1.29, 1.82) is 0 Å². The Labute approximate surface area is 123 Å².